The fourth-order valence-electron chi connectivity index (χ4n) is 2.17. The minimum Gasteiger partial charge on any atom is -0.207 e. The second-order valence-corrected chi connectivity index (χ2v) is 6.97. The van der Waals surface area contributed by atoms with E-state index in [1.165, 1.54) is 0 Å². The Bertz CT molecular complexity index is 511. The summed E-state index contributed by atoms with van der Waals surface area (Å²) >= 11 is 5.74. The third-order valence-corrected chi connectivity index (χ3v) is 5.50. The summed E-state index contributed by atoms with van der Waals surface area (Å²) in [5.41, 5.74) is 0.954. The van der Waals surface area contributed by atoms with E-state index in [0.29, 0.717) is 17.3 Å². The summed E-state index contributed by atoms with van der Waals surface area (Å²) in [6, 6.07) is 7.18. The first-order chi connectivity index (χ1) is 8.55. The molecule has 5 heteroatoms. The monoisotopic (exact) mass is 287 g/mol. The lowest BCUT2D eigenvalue weighted by atomic mass is 9.93. The van der Waals surface area contributed by atoms with Crippen molar-refractivity contribution in [1.82, 2.24) is 4.31 Å². The predicted molar refractivity (Wildman–Crippen MR) is 73.4 cm³/mol. The van der Waals surface area contributed by atoms with Crippen molar-refractivity contribution in [3.05, 3.63) is 29.8 Å². The molecule has 18 heavy (non-hydrogen) atoms. The van der Waals surface area contributed by atoms with Crippen molar-refractivity contribution >= 4 is 21.6 Å². The molecule has 100 valence electrons. The van der Waals surface area contributed by atoms with E-state index in [-0.39, 0.29) is 6.04 Å². The second kappa shape index (κ2) is 5.59. The molecule has 1 aliphatic carbocycles. The van der Waals surface area contributed by atoms with Gasteiger partial charge in [0, 0.05) is 18.5 Å². The quantitative estimate of drug-likeness (QED) is 0.781. The zero-order chi connectivity index (χ0) is 13.2. The van der Waals surface area contributed by atoms with E-state index >= 15 is 0 Å². The molecule has 0 heterocycles. The van der Waals surface area contributed by atoms with Crippen LogP contribution in [-0.2, 0) is 10.0 Å². The lowest BCUT2D eigenvalue weighted by Gasteiger charge is -2.36. The van der Waals surface area contributed by atoms with Gasteiger partial charge in [0.1, 0.15) is 0 Å². The minimum atomic E-state index is -3.40. The number of alkyl halides is 1. The Labute approximate surface area is 114 Å². The van der Waals surface area contributed by atoms with Gasteiger partial charge in [-0.05, 0) is 37.5 Å². The molecule has 1 aromatic rings. The van der Waals surface area contributed by atoms with E-state index in [0.717, 1.165) is 24.8 Å². The van der Waals surface area contributed by atoms with E-state index in [9.17, 15) is 8.42 Å². The lowest BCUT2D eigenvalue weighted by Crippen LogP contribution is -2.45. The molecule has 0 saturated heterocycles. The molecule has 1 fully saturated rings. The maximum atomic E-state index is 12.6. The van der Waals surface area contributed by atoms with Gasteiger partial charge >= 0.3 is 0 Å². The van der Waals surface area contributed by atoms with Crippen LogP contribution in [0.2, 0.25) is 0 Å². The van der Waals surface area contributed by atoms with Crippen molar-refractivity contribution in [2.45, 2.75) is 37.1 Å². The highest BCUT2D eigenvalue weighted by molar-refractivity contribution is 7.89. The van der Waals surface area contributed by atoms with Gasteiger partial charge in [-0.15, -0.1) is 11.6 Å². The minimum absolute atomic E-state index is 0.134. The normalized spacial score (nSPS) is 16.8. The summed E-state index contributed by atoms with van der Waals surface area (Å²) in [4.78, 5) is 0.375. The highest BCUT2D eigenvalue weighted by atomic mass is 35.5. The molecule has 1 aliphatic rings. The fraction of sp³-hybridized carbons (Fsp3) is 0.538. The van der Waals surface area contributed by atoms with E-state index in [1.807, 2.05) is 13.0 Å². The standard InChI is InChI=1S/C13H18ClNO2S/c1-11-4-2-7-13(10-11)18(16,17)15(9-8-14)12-5-3-6-12/h2,4,7,10,12H,3,5-6,8-9H2,1H3. The maximum absolute atomic E-state index is 12.6. The van der Waals surface area contributed by atoms with Gasteiger partial charge in [-0.25, -0.2) is 8.42 Å². The molecule has 1 saturated carbocycles. The van der Waals surface area contributed by atoms with Crippen LogP contribution in [0.25, 0.3) is 0 Å². The molecule has 0 aliphatic heterocycles. The van der Waals surface area contributed by atoms with Gasteiger partial charge < -0.3 is 0 Å². The smallest absolute Gasteiger partial charge is 0.207 e. The molecule has 0 aromatic heterocycles. The second-order valence-electron chi connectivity index (χ2n) is 4.71. The van der Waals surface area contributed by atoms with E-state index in [2.05, 4.69) is 0 Å². The summed E-state index contributed by atoms with van der Waals surface area (Å²) in [6.45, 7) is 2.29. The van der Waals surface area contributed by atoms with Crippen molar-refractivity contribution in [3.63, 3.8) is 0 Å². The molecule has 0 atom stereocenters. The molecule has 0 N–H and O–H groups in total. The first kappa shape index (κ1) is 13.8. The molecule has 0 unspecified atom stereocenters. The third kappa shape index (κ3) is 2.71. The first-order valence-corrected chi connectivity index (χ1v) is 8.17. The van der Waals surface area contributed by atoms with Gasteiger partial charge in [-0.1, -0.05) is 18.6 Å². The van der Waals surface area contributed by atoms with Crippen LogP contribution in [0.1, 0.15) is 24.8 Å². The van der Waals surface area contributed by atoms with Crippen LogP contribution in [-0.4, -0.2) is 31.2 Å². The van der Waals surface area contributed by atoms with Crippen LogP contribution < -0.4 is 0 Å². The van der Waals surface area contributed by atoms with Crippen LogP contribution in [0.5, 0.6) is 0 Å². The Morgan fingerprint density at radius 2 is 2.11 bits per heavy atom. The van der Waals surface area contributed by atoms with Crippen molar-refractivity contribution in [3.8, 4) is 0 Å². The number of hydrogen-bond donors (Lipinski definition) is 0. The van der Waals surface area contributed by atoms with Crippen molar-refractivity contribution in [1.29, 1.82) is 0 Å². The number of aryl methyl sites for hydroxylation is 1. The zero-order valence-corrected chi connectivity index (χ0v) is 12.0. The summed E-state index contributed by atoms with van der Waals surface area (Å²) in [5, 5.41) is 0. The molecule has 1 aromatic carbocycles. The number of nitrogens with zero attached hydrogens (tertiary/aromatic N) is 1. The number of hydrogen-bond acceptors (Lipinski definition) is 2. The predicted octanol–water partition coefficient (Wildman–Crippen LogP) is 2.78. The summed E-state index contributed by atoms with van der Waals surface area (Å²) in [7, 11) is -3.40. The molecule has 3 nitrogen and oxygen atoms in total. The van der Waals surface area contributed by atoms with Crippen LogP contribution >= 0.6 is 11.6 Å². The van der Waals surface area contributed by atoms with Gasteiger partial charge in [0.2, 0.25) is 10.0 Å². The SMILES string of the molecule is Cc1cccc(S(=O)(=O)N(CCCl)C2CCC2)c1. The zero-order valence-electron chi connectivity index (χ0n) is 10.5. The molecule has 2 rings (SSSR count). The molecule has 0 spiro atoms. The molecule has 0 amide bonds. The largest absolute Gasteiger partial charge is 0.243 e. The van der Waals surface area contributed by atoms with Crippen molar-refractivity contribution < 1.29 is 8.42 Å². The summed E-state index contributed by atoms with van der Waals surface area (Å²) in [6.07, 6.45) is 3.00. The Morgan fingerprint density at radius 1 is 1.39 bits per heavy atom. The average molecular weight is 288 g/mol. The van der Waals surface area contributed by atoms with Gasteiger partial charge in [-0.3, -0.25) is 0 Å². The van der Waals surface area contributed by atoms with Crippen LogP contribution in [0, 0.1) is 6.92 Å². The van der Waals surface area contributed by atoms with Crippen molar-refractivity contribution in [2.24, 2.45) is 0 Å². The number of rotatable bonds is 5. The highest BCUT2D eigenvalue weighted by Crippen LogP contribution is 2.30. The topological polar surface area (TPSA) is 37.4 Å². The van der Waals surface area contributed by atoms with Gasteiger partial charge in [0.15, 0.2) is 0 Å². The van der Waals surface area contributed by atoms with Gasteiger partial charge in [-0.2, -0.15) is 4.31 Å². The number of benzene rings is 1. The van der Waals surface area contributed by atoms with Gasteiger partial charge in [0.05, 0.1) is 4.90 Å². The van der Waals surface area contributed by atoms with Gasteiger partial charge in [0.25, 0.3) is 0 Å². The van der Waals surface area contributed by atoms with E-state index < -0.39 is 10.0 Å². The average Bonchev–Trinajstić information content (AvgIpc) is 2.26. The number of halogens is 1. The molecule has 0 radical (unpaired) electrons. The lowest BCUT2D eigenvalue weighted by molar-refractivity contribution is 0.227. The van der Waals surface area contributed by atoms with E-state index in [1.54, 1.807) is 22.5 Å². The summed E-state index contributed by atoms with van der Waals surface area (Å²) in [5.74, 6) is 0.335. The Morgan fingerprint density at radius 3 is 2.61 bits per heavy atom. The maximum Gasteiger partial charge on any atom is 0.243 e. The highest BCUT2D eigenvalue weighted by Gasteiger charge is 2.34. The Balaban J connectivity index is 2.32. The van der Waals surface area contributed by atoms with Crippen molar-refractivity contribution in [2.75, 3.05) is 12.4 Å². The first-order valence-electron chi connectivity index (χ1n) is 6.20. The third-order valence-electron chi connectivity index (χ3n) is 3.38. The molecular weight excluding hydrogens is 270 g/mol. The summed E-state index contributed by atoms with van der Waals surface area (Å²) < 4.78 is 26.7. The fourth-order valence-corrected chi connectivity index (χ4v) is 4.24. The molecule has 0 bridgehead atoms. The Hall–Kier alpha value is -0.580. The molecular formula is C13H18ClNO2S. The Kier molecular flexibility index (Phi) is 4.30. The van der Waals surface area contributed by atoms with Crippen LogP contribution in [0.3, 0.4) is 0 Å². The van der Waals surface area contributed by atoms with Crippen LogP contribution in [0.15, 0.2) is 29.2 Å². The van der Waals surface area contributed by atoms with Crippen LogP contribution in [0.4, 0.5) is 0 Å². The number of sulfonamides is 1. The van der Waals surface area contributed by atoms with E-state index in [4.69, 9.17) is 11.6 Å².